The first-order valence-corrected chi connectivity index (χ1v) is 6.74. The third-order valence-electron chi connectivity index (χ3n) is 2.98. The quantitative estimate of drug-likeness (QED) is 0.902. The second-order valence-corrected chi connectivity index (χ2v) is 4.96. The summed E-state index contributed by atoms with van der Waals surface area (Å²) < 4.78 is 5.95. The first kappa shape index (κ1) is 13.9. The molecule has 0 saturated heterocycles. The molecule has 0 aliphatic rings. The fourth-order valence-corrected chi connectivity index (χ4v) is 2.27. The van der Waals surface area contributed by atoms with E-state index < -0.39 is 0 Å². The predicted molar refractivity (Wildman–Crippen MR) is 79.7 cm³/mol. The van der Waals surface area contributed by atoms with Gasteiger partial charge in [0.05, 0.1) is 0 Å². The van der Waals surface area contributed by atoms with Gasteiger partial charge in [0.15, 0.2) is 0 Å². The van der Waals surface area contributed by atoms with Gasteiger partial charge in [0.2, 0.25) is 0 Å². The molecule has 0 amide bonds. The Labute approximate surface area is 119 Å². The van der Waals surface area contributed by atoms with Crippen LogP contribution in [-0.4, -0.2) is 6.54 Å². The van der Waals surface area contributed by atoms with Gasteiger partial charge in [0.1, 0.15) is 12.4 Å². The van der Waals surface area contributed by atoms with Crippen LogP contribution in [0, 0.1) is 6.92 Å². The third-order valence-corrected chi connectivity index (χ3v) is 3.21. The van der Waals surface area contributed by atoms with Gasteiger partial charge in [-0.2, -0.15) is 0 Å². The number of rotatable bonds is 5. The van der Waals surface area contributed by atoms with E-state index >= 15 is 0 Å². The highest BCUT2D eigenvalue weighted by Gasteiger charge is 2.06. The molecule has 0 aliphatic carbocycles. The Bertz CT molecular complexity index is 554. The minimum absolute atomic E-state index is 0.517. The monoisotopic (exact) mass is 275 g/mol. The second-order valence-electron chi connectivity index (χ2n) is 4.52. The van der Waals surface area contributed by atoms with E-state index in [1.807, 2.05) is 43.3 Å². The topological polar surface area (TPSA) is 35.2 Å². The lowest BCUT2D eigenvalue weighted by atomic mass is 10.1. The van der Waals surface area contributed by atoms with Crippen LogP contribution in [0.3, 0.4) is 0 Å². The fraction of sp³-hybridized carbons (Fsp3) is 0.250. The summed E-state index contributed by atoms with van der Waals surface area (Å²) in [6, 6.07) is 13.9. The summed E-state index contributed by atoms with van der Waals surface area (Å²) in [5.74, 6) is 0.938. The van der Waals surface area contributed by atoms with E-state index in [1.54, 1.807) is 0 Å². The minimum Gasteiger partial charge on any atom is -0.488 e. The zero-order chi connectivity index (χ0) is 13.7. The van der Waals surface area contributed by atoms with Crippen molar-refractivity contribution in [1.29, 1.82) is 0 Å². The molecule has 2 rings (SSSR count). The van der Waals surface area contributed by atoms with E-state index in [0.717, 1.165) is 33.9 Å². The van der Waals surface area contributed by atoms with Crippen molar-refractivity contribution in [2.24, 2.45) is 5.73 Å². The molecule has 2 nitrogen and oxygen atoms in total. The highest BCUT2D eigenvalue weighted by Crippen LogP contribution is 2.25. The second kappa shape index (κ2) is 6.60. The molecule has 0 heterocycles. The molecule has 0 saturated carbocycles. The molecule has 3 heteroatoms. The van der Waals surface area contributed by atoms with Crippen molar-refractivity contribution >= 4 is 11.6 Å². The maximum absolute atomic E-state index is 5.97. The number of hydrogen-bond donors (Lipinski definition) is 1. The van der Waals surface area contributed by atoms with Gasteiger partial charge >= 0.3 is 0 Å². The van der Waals surface area contributed by atoms with Gasteiger partial charge in [0, 0.05) is 5.02 Å². The summed E-state index contributed by atoms with van der Waals surface area (Å²) in [6.07, 6.45) is 0.826. The van der Waals surface area contributed by atoms with Crippen LogP contribution in [0.1, 0.15) is 16.7 Å². The van der Waals surface area contributed by atoms with Crippen LogP contribution < -0.4 is 10.5 Å². The first-order valence-electron chi connectivity index (χ1n) is 6.36. The van der Waals surface area contributed by atoms with E-state index in [9.17, 15) is 0 Å². The lowest BCUT2D eigenvalue weighted by molar-refractivity contribution is 0.301. The number of nitrogens with two attached hydrogens (primary N) is 1. The standard InChI is InChI=1S/C16H18ClNO/c1-12-4-2-6-14(8-9-18)16(12)19-11-13-5-3-7-15(17)10-13/h2-7,10H,8-9,11,18H2,1H3. The van der Waals surface area contributed by atoms with Gasteiger partial charge in [-0.15, -0.1) is 0 Å². The predicted octanol–water partition coefficient (Wildman–Crippen LogP) is 3.73. The highest BCUT2D eigenvalue weighted by atomic mass is 35.5. The highest BCUT2D eigenvalue weighted by molar-refractivity contribution is 6.30. The van der Waals surface area contributed by atoms with E-state index in [4.69, 9.17) is 22.1 Å². The van der Waals surface area contributed by atoms with Gasteiger partial charge in [-0.25, -0.2) is 0 Å². The molecule has 0 radical (unpaired) electrons. The summed E-state index contributed by atoms with van der Waals surface area (Å²) in [4.78, 5) is 0. The number of halogens is 1. The first-order chi connectivity index (χ1) is 9.20. The molecule has 2 aromatic rings. The Hall–Kier alpha value is -1.51. The molecule has 0 atom stereocenters. The van der Waals surface area contributed by atoms with Crippen LogP contribution in [-0.2, 0) is 13.0 Å². The zero-order valence-electron chi connectivity index (χ0n) is 11.0. The number of para-hydroxylation sites is 1. The van der Waals surface area contributed by atoms with Crippen LogP contribution in [0.5, 0.6) is 5.75 Å². The largest absolute Gasteiger partial charge is 0.488 e. The van der Waals surface area contributed by atoms with Gasteiger partial charge in [0.25, 0.3) is 0 Å². The molecule has 0 unspecified atom stereocenters. The molecule has 0 bridgehead atoms. The molecule has 0 spiro atoms. The Kier molecular flexibility index (Phi) is 4.83. The average molecular weight is 276 g/mol. The summed E-state index contributed by atoms with van der Waals surface area (Å²) in [5.41, 5.74) is 8.99. The molecule has 0 aliphatic heterocycles. The molecule has 0 aromatic heterocycles. The SMILES string of the molecule is Cc1cccc(CCN)c1OCc1cccc(Cl)c1. The fourth-order valence-electron chi connectivity index (χ4n) is 2.05. The van der Waals surface area contributed by atoms with E-state index in [2.05, 4.69) is 6.07 Å². The van der Waals surface area contributed by atoms with Crippen molar-refractivity contribution in [3.63, 3.8) is 0 Å². The van der Waals surface area contributed by atoms with Gasteiger partial charge in [-0.05, 0) is 48.7 Å². The Morgan fingerprint density at radius 1 is 1.16 bits per heavy atom. The van der Waals surface area contributed by atoms with Crippen LogP contribution in [0.25, 0.3) is 0 Å². The number of hydrogen-bond acceptors (Lipinski definition) is 2. The molecule has 19 heavy (non-hydrogen) atoms. The number of aryl methyl sites for hydroxylation is 1. The average Bonchev–Trinajstić information content (AvgIpc) is 2.38. The Morgan fingerprint density at radius 3 is 2.68 bits per heavy atom. The Balaban J connectivity index is 2.14. The minimum atomic E-state index is 0.517. The molecule has 2 aromatic carbocycles. The zero-order valence-corrected chi connectivity index (χ0v) is 11.8. The van der Waals surface area contributed by atoms with Crippen molar-refractivity contribution in [2.45, 2.75) is 20.0 Å². The lowest BCUT2D eigenvalue weighted by Gasteiger charge is -2.14. The maximum Gasteiger partial charge on any atom is 0.125 e. The van der Waals surface area contributed by atoms with E-state index in [1.165, 1.54) is 0 Å². The molecule has 2 N–H and O–H groups in total. The summed E-state index contributed by atoms with van der Waals surface area (Å²) in [5, 5.41) is 0.730. The van der Waals surface area contributed by atoms with Crippen molar-refractivity contribution in [2.75, 3.05) is 6.54 Å². The van der Waals surface area contributed by atoms with E-state index in [0.29, 0.717) is 13.2 Å². The van der Waals surface area contributed by atoms with E-state index in [-0.39, 0.29) is 0 Å². The van der Waals surface area contributed by atoms with Crippen LogP contribution in [0.4, 0.5) is 0 Å². The Morgan fingerprint density at radius 2 is 1.95 bits per heavy atom. The lowest BCUT2D eigenvalue weighted by Crippen LogP contribution is -2.06. The van der Waals surface area contributed by atoms with Crippen LogP contribution in [0.15, 0.2) is 42.5 Å². The molecule has 0 fully saturated rings. The smallest absolute Gasteiger partial charge is 0.125 e. The normalized spacial score (nSPS) is 10.5. The summed E-state index contributed by atoms with van der Waals surface area (Å²) in [7, 11) is 0. The molecular weight excluding hydrogens is 258 g/mol. The summed E-state index contributed by atoms with van der Waals surface area (Å²) >= 11 is 5.97. The molecular formula is C16H18ClNO. The number of ether oxygens (including phenoxy) is 1. The van der Waals surface area contributed by atoms with Gasteiger partial charge < -0.3 is 10.5 Å². The van der Waals surface area contributed by atoms with Crippen molar-refractivity contribution in [3.05, 3.63) is 64.2 Å². The molecule has 100 valence electrons. The van der Waals surface area contributed by atoms with Crippen molar-refractivity contribution in [3.8, 4) is 5.75 Å². The number of benzene rings is 2. The van der Waals surface area contributed by atoms with Crippen molar-refractivity contribution < 1.29 is 4.74 Å². The van der Waals surface area contributed by atoms with Gasteiger partial charge in [-0.1, -0.05) is 41.9 Å². The van der Waals surface area contributed by atoms with Crippen LogP contribution >= 0.6 is 11.6 Å². The maximum atomic E-state index is 5.97. The summed E-state index contributed by atoms with van der Waals surface area (Å²) in [6.45, 7) is 3.19. The third kappa shape index (κ3) is 3.72. The van der Waals surface area contributed by atoms with Crippen molar-refractivity contribution in [1.82, 2.24) is 0 Å². The van der Waals surface area contributed by atoms with Gasteiger partial charge in [-0.3, -0.25) is 0 Å². The van der Waals surface area contributed by atoms with Crippen LogP contribution in [0.2, 0.25) is 5.02 Å².